The Morgan fingerprint density at radius 3 is 2.35 bits per heavy atom. The van der Waals surface area contributed by atoms with Crippen molar-refractivity contribution in [2.24, 2.45) is 5.41 Å². The van der Waals surface area contributed by atoms with Crippen molar-refractivity contribution in [2.75, 3.05) is 13.2 Å². The quantitative estimate of drug-likeness (QED) is 0.800. The summed E-state index contributed by atoms with van der Waals surface area (Å²) in [5.74, 6) is 0.330. The normalized spacial score (nSPS) is 23.4. The maximum atomic E-state index is 12.7. The molecule has 1 amide bonds. The van der Waals surface area contributed by atoms with E-state index in [2.05, 4.69) is 6.92 Å². The van der Waals surface area contributed by atoms with E-state index in [4.69, 9.17) is 5.11 Å². The molecule has 2 aliphatic carbocycles. The lowest BCUT2D eigenvalue weighted by atomic mass is 9.80. The Kier molecular flexibility index (Phi) is 4.08. The summed E-state index contributed by atoms with van der Waals surface area (Å²) in [6.45, 7) is 2.77. The third kappa shape index (κ3) is 2.35. The Labute approximate surface area is 104 Å². The van der Waals surface area contributed by atoms with E-state index >= 15 is 0 Å². The molecule has 2 saturated carbocycles. The van der Waals surface area contributed by atoms with E-state index in [9.17, 15) is 4.79 Å². The van der Waals surface area contributed by atoms with Gasteiger partial charge in [-0.05, 0) is 38.5 Å². The molecule has 2 aliphatic rings. The van der Waals surface area contributed by atoms with Crippen molar-refractivity contribution in [3.05, 3.63) is 0 Å². The van der Waals surface area contributed by atoms with Crippen molar-refractivity contribution in [1.82, 2.24) is 4.90 Å². The van der Waals surface area contributed by atoms with Crippen molar-refractivity contribution in [2.45, 2.75) is 64.3 Å². The summed E-state index contributed by atoms with van der Waals surface area (Å²) in [6, 6.07) is 0.415. The van der Waals surface area contributed by atoms with Gasteiger partial charge >= 0.3 is 0 Å². The predicted molar refractivity (Wildman–Crippen MR) is 67.6 cm³/mol. The van der Waals surface area contributed by atoms with Gasteiger partial charge in [0.25, 0.3) is 0 Å². The summed E-state index contributed by atoms with van der Waals surface area (Å²) in [7, 11) is 0. The SMILES string of the molecule is CCC1(C(=O)N(CCO)C2CCC2)CCCC1. The largest absolute Gasteiger partial charge is 0.395 e. The van der Waals surface area contributed by atoms with Gasteiger partial charge in [0, 0.05) is 18.0 Å². The first-order chi connectivity index (χ1) is 8.23. The smallest absolute Gasteiger partial charge is 0.229 e. The average molecular weight is 239 g/mol. The van der Waals surface area contributed by atoms with E-state index in [-0.39, 0.29) is 12.0 Å². The number of amides is 1. The van der Waals surface area contributed by atoms with E-state index in [1.165, 1.54) is 19.3 Å². The van der Waals surface area contributed by atoms with E-state index in [0.29, 0.717) is 18.5 Å². The highest BCUT2D eigenvalue weighted by atomic mass is 16.3. The van der Waals surface area contributed by atoms with Crippen LogP contribution in [-0.4, -0.2) is 35.1 Å². The van der Waals surface area contributed by atoms with Gasteiger partial charge in [-0.3, -0.25) is 4.79 Å². The summed E-state index contributed by atoms with van der Waals surface area (Å²) < 4.78 is 0. The van der Waals surface area contributed by atoms with Crippen LogP contribution in [0.25, 0.3) is 0 Å². The van der Waals surface area contributed by atoms with Crippen LogP contribution in [0.4, 0.5) is 0 Å². The van der Waals surface area contributed by atoms with Crippen molar-refractivity contribution in [3.8, 4) is 0 Å². The van der Waals surface area contributed by atoms with Gasteiger partial charge in [0.1, 0.15) is 0 Å². The van der Waals surface area contributed by atoms with E-state index < -0.39 is 0 Å². The van der Waals surface area contributed by atoms with Crippen molar-refractivity contribution < 1.29 is 9.90 Å². The maximum Gasteiger partial charge on any atom is 0.229 e. The molecule has 0 spiro atoms. The molecule has 0 aliphatic heterocycles. The number of carbonyl (C=O) groups is 1. The minimum atomic E-state index is -0.0925. The molecule has 1 N–H and O–H groups in total. The highest BCUT2D eigenvalue weighted by Gasteiger charge is 2.44. The Bertz CT molecular complexity index is 267. The second kappa shape index (κ2) is 5.38. The topological polar surface area (TPSA) is 40.5 Å². The summed E-state index contributed by atoms with van der Waals surface area (Å²) >= 11 is 0. The predicted octanol–water partition coefficient (Wildman–Crippen LogP) is 2.33. The molecule has 0 aromatic carbocycles. The lowest BCUT2D eigenvalue weighted by Crippen LogP contribution is -2.51. The lowest BCUT2D eigenvalue weighted by Gasteiger charge is -2.42. The second-order valence-electron chi connectivity index (χ2n) is 5.65. The summed E-state index contributed by atoms with van der Waals surface area (Å²) in [6.07, 6.45) is 8.94. The summed E-state index contributed by atoms with van der Waals surface area (Å²) in [4.78, 5) is 14.7. The molecule has 3 heteroatoms. The Morgan fingerprint density at radius 2 is 1.94 bits per heavy atom. The Morgan fingerprint density at radius 1 is 1.29 bits per heavy atom. The zero-order valence-corrected chi connectivity index (χ0v) is 11.0. The van der Waals surface area contributed by atoms with Crippen LogP contribution in [0.3, 0.4) is 0 Å². The zero-order chi connectivity index (χ0) is 12.3. The number of carbonyl (C=O) groups excluding carboxylic acids is 1. The molecule has 0 bridgehead atoms. The van der Waals surface area contributed by atoms with Crippen LogP contribution in [0.1, 0.15) is 58.3 Å². The van der Waals surface area contributed by atoms with Crippen LogP contribution >= 0.6 is 0 Å². The standard InChI is InChI=1S/C14H25NO2/c1-2-14(8-3-4-9-14)13(17)15(10-11-16)12-6-5-7-12/h12,16H,2-11H2,1H3. The number of nitrogens with zero attached hydrogens (tertiary/aromatic N) is 1. The molecule has 2 fully saturated rings. The van der Waals surface area contributed by atoms with E-state index in [0.717, 1.165) is 32.1 Å². The third-order valence-electron chi connectivity index (χ3n) is 4.81. The van der Waals surface area contributed by atoms with Crippen LogP contribution in [0, 0.1) is 5.41 Å². The van der Waals surface area contributed by atoms with Gasteiger partial charge < -0.3 is 10.0 Å². The van der Waals surface area contributed by atoms with Crippen molar-refractivity contribution in [3.63, 3.8) is 0 Å². The molecule has 3 nitrogen and oxygen atoms in total. The molecule has 0 aromatic heterocycles. The molecule has 0 aromatic rings. The Balaban J connectivity index is 2.08. The third-order valence-corrected chi connectivity index (χ3v) is 4.81. The van der Waals surface area contributed by atoms with Crippen LogP contribution < -0.4 is 0 Å². The van der Waals surface area contributed by atoms with Crippen LogP contribution in [0.2, 0.25) is 0 Å². The highest BCUT2D eigenvalue weighted by Crippen LogP contribution is 2.43. The van der Waals surface area contributed by atoms with E-state index in [1.807, 2.05) is 4.90 Å². The lowest BCUT2D eigenvalue weighted by molar-refractivity contribution is -0.147. The molecule has 17 heavy (non-hydrogen) atoms. The maximum absolute atomic E-state index is 12.7. The molecular formula is C14H25NO2. The van der Waals surface area contributed by atoms with Gasteiger partial charge in [-0.15, -0.1) is 0 Å². The molecule has 2 rings (SSSR count). The molecule has 0 unspecified atom stereocenters. The average Bonchev–Trinajstić information content (AvgIpc) is 2.75. The van der Waals surface area contributed by atoms with Crippen molar-refractivity contribution >= 4 is 5.91 Å². The molecule has 0 saturated heterocycles. The fourth-order valence-corrected chi connectivity index (χ4v) is 3.33. The second-order valence-corrected chi connectivity index (χ2v) is 5.65. The van der Waals surface area contributed by atoms with Crippen molar-refractivity contribution in [1.29, 1.82) is 0 Å². The van der Waals surface area contributed by atoms with Gasteiger partial charge in [0.2, 0.25) is 5.91 Å². The fraction of sp³-hybridized carbons (Fsp3) is 0.929. The van der Waals surface area contributed by atoms with Gasteiger partial charge in [0.15, 0.2) is 0 Å². The van der Waals surface area contributed by atoms with Crippen LogP contribution in [0.5, 0.6) is 0 Å². The zero-order valence-electron chi connectivity index (χ0n) is 11.0. The first kappa shape index (κ1) is 12.9. The van der Waals surface area contributed by atoms with Gasteiger partial charge in [-0.2, -0.15) is 0 Å². The molecule has 0 atom stereocenters. The van der Waals surface area contributed by atoms with Gasteiger partial charge in [-0.1, -0.05) is 19.8 Å². The van der Waals surface area contributed by atoms with Gasteiger partial charge in [-0.25, -0.2) is 0 Å². The number of aliphatic hydroxyl groups excluding tert-OH is 1. The monoisotopic (exact) mass is 239 g/mol. The minimum absolute atomic E-state index is 0.0925. The number of hydrogen-bond donors (Lipinski definition) is 1. The first-order valence-electron chi connectivity index (χ1n) is 7.15. The Hall–Kier alpha value is -0.570. The van der Waals surface area contributed by atoms with Crippen LogP contribution in [0.15, 0.2) is 0 Å². The first-order valence-corrected chi connectivity index (χ1v) is 7.15. The molecule has 0 radical (unpaired) electrons. The highest BCUT2D eigenvalue weighted by molar-refractivity contribution is 5.83. The summed E-state index contributed by atoms with van der Waals surface area (Å²) in [5.41, 5.74) is -0.0925. The number of hydrogen-bond acceptors (Lipinski definition) is 2. The van der Waals surface area contributed by atoms with Crippen LogP contribution in [-0.2, 0) is 4.79 Å². The molecular weight excluding hydrogens is 214 g/mol. The minimum Gasteiger partial charge on any atom is -0.395 e. The summed E-state index contributed by atoms with van der Waals surface area (Å²) in [5, 5.41) is 9.16. The number of aliphatic hydroxyl groups is 1. The van der Waals surface area contributed by atoms with E-state index in [1.54, 1.807) is 0 Å². The molecule has 98 valence electrons. The fourth-order valence-electron chi connectivity index (χ4n) is 3.33. The molecule has 0 heterocycles. The van der Waals surface area contributed by atoms with Gasteiger partial charge in [0.05, 0.1) is 6.61 Å². The number of rotatable bonds is 5.